The summed E-state index contributed by atoms with van der Waals surface area (Å²) in [5, 5.41) is 22.8. The number of hydrogen-bond donors (Lipinski definition) is 2. The topological polar surface area (TPSA) is 109 Å². The number of benzene rings is 1. The van der Waals surface area contributed by atoms with Crippen LogP contribution in [0, 0.1) is 5.82 Å². The first kappa shape index (κ1) is 21.4. The van der Waals surface area contributed by atoms with Crippen molar-refractivity contribution in [3.05, 3.63) is 46.9 Å². The number of aromatic nitrogens is 5. The van der Waals surface area contributed by atoms with Crippen LogP contribution in [0.1, 0.15) is 32.1 Å². The Morgan fingerprint density at radius 1 is 1.21 bits per heavy atom. The molecule has 3 aromatic rings. The lowest BCUT2D eigenvalue weighted by molar-refractivity contribution is 0.219. The molecule has 4 heterocycles. The summed E-state index contributed by atoms with van der Waals surface area (Å²) in [6, 6.07) is 5.98. The number of hydrogen-bond acceptors (Lipinski definition) is 8. The van der Waals surface area contributed by atoms with Crippen molar-refractivity contribution in [3.8, 4) is 28.4 Å². The first-order valence-corrected chi connectivity index (χ1v) is 11.1. The van der Waals surface area contributed by atoms with Gasteiger partial charge in [-0.25, -0.2) is 14.2 Å². The highest BCUT2D eigenvalue weighted by Gasteiger charge is 2.33. The van der Waals surface area contributed by atoms with Crippen molar-refractivity contribution < 1.29 is 9.50 Å². The lowest BCUT2D eigenvalue weighted by Crippen LogP contribution is -2.54. The third-order valence-corrected chi connectivity index (χ3v) is 6.70. The minimum Gasteiger partial charge on any atom is -0.507 e. The molecule has 0 spiro atoms. The van der Waals surface area contributed by atoms with Crippen molar-refractivity contribution in [3.63, 3.8) is 0 Å². The van der Waals surface area contributed by atoms with Crippen LogP contribution >= 0.6 is 0 Å². The van der Waals surface area contributed by atoms with Gasteiger partial charge in [0.15, 0.2) is 17.5 Å². The van der Waals surface area contributed by atoms with E-state index in [2.05, 4.69) is 30.4 Å². The van der Waals surface area contributed by atoms with Crippen molar-refractivity contribution in [2.75, 3.05) is 11.9 Å². The molecule has 0 radical (unpaired) electrons. The number of rotatable bonds is 4. The minimum atomic E-state index is -0.656. The molecule has 2 saturated heterocycles. The SMILES string of the molecule is CN(c1cnc(-c2ccc(-c3nc(=O)n(C)cc3F)cc2O)nn1)C1C[C@H]2CCC[C@H](C1)N2. The lowest BCUT2D eigenvalue weighted by Gasteiger charge is -2.43. The van der Waals surface area contributed by atoms with Crippen molar-refractivity contribution in [2.45, 2.75) is 50.2 Å². The standard InChI is InChI=1S/C23H26FN7O2/c1-30-12-18(24)21(27-23(30)33)13-6-7-17(19(32)8-13)22-25-11-20(28-29-22)31(2)16-9-14-4-3-5-15(10-16)26-14/h6-8,11-12,14-16,26,32H,3-5,9-10H2,1-2H3/t14-,15-/m1/s1. The molecule has 2 bridgehead atoms. The van der Waals surface area contributed by atoms with Crippen molar-refractivity contribution in [2.24, 2.45) is 7.05 Å². The molecule has 2 fully saturated rings. The van der Waals surface area contributed by atoms with Gasteiger partial charge in [0, 0.05) is 44.0 Å². The summed E-state index contributed by atoms with van der Waals surface area (Å²) in [5.41, 5.74) is -0.0596. The molecule has 1 aromatic carbocycles. The molecule has 2 aromatic heterocycles. The molecular formula is C23H26FN7O2. The third-order valence-electron chi connectivity index (χ3n) is 6.70. The first-order valence-electron chi connectivity index (χ1n) is 11.1. The Morgan fingerprint density at radius 3 is 2.64 bits per heavy atom. The summed E-state index contributed by atoms with van der Waals surface area (Å²) in [6.07, 6.45) is 8.60. The van der Waals surface area contributed by atoms with Gasteiger partial charge in [-0.3, -0.25) is 4.57 Å². The zero-order valence-corrected chi connectivity index (χ0v) is 18.6. The molecular weight excluding hydrogens is 425 g/mol. The summed E-state index contributed by atoms with van der Waals surface area (Å²) in [7, 11) is 3.44. The van der Waals surface area contributed by atoms with E-state index < -0.39 is 11.5 Å². The van der Waals surface area contributed by atoms with Crippen molar-refractivity contribution in [1.29, 1.82) is 0 Å². The smallest absolute Gasteiger partial charge is 0.348 e. The molecule has 9 nitrogen and oxygen atoms in total. The molecule has 33 heavy (non-hydrogen) atoms. The maximum Gasteiger partial charge on any atom is 0.348 e. The largest absolute Gasteiger partial charge is 0.507 e. The highest BCUT2D eigenvalue weighted by molar-refractivity contribution is 5.71. The molecule has 2 aliphatic heterocycles. The number of halogens is 1. The summed E-state index contributed by atoms with van der Waals surface area (Å²) in [5.74, 6) is 0.141. The van der Waals surface area contributed by atoms with Gasteiger partial charge in [-0.2, -0.15) is 4.98 Å². The van der Waals surface area contributed by atoms with E-state index in [0.29, 0.717) is 29.5 Å². The maximum atomic E-state index is 14.3. The van der Waals surface area contributed by atoms with Gasteiger partial charge in [-0.05, 0) is 37.8 Å². The van der Waals surface area contributed by atoms with Crippen LogP contribution in [0.5, 0.6) is 5.75 Å². The van der Waals surface area contributed by atoms with Gasteiger partial charge in [-0.15, -0.1) is 10.2 Å². The zero-order valence-electron chi connectivity index (χ0n) is 18.6. The highest BCUT2D eigenvalue weighted by Crippen LogP contribution is 2.32. The molecule has 0 saturated carbocycles. The van der Waals surface area contributed by atoms with Crippen LogP contribution in [0.25, 0.3) is 22.6 Å². The number of anilines is 1. The van der Waals surface area contributed by atoms with Crippen LogP contribution in [0.3, 0.4) is 0 Å². The van der Waals surface area contributed by atoms with E-state index in [0.717, 1.165) is 23.6 Å². The van der Waals surface area contributed by atoms with Gasteiger partial charge in [0.1, 0.15) is 11.4 Å². The molecule has 172 valence electrons. The number of nitrogens with one attached hydrogen (secondary N) is 1. The summed E-state index contributed by atoms with van der Waals surface area (Å²) >= 11 is 0. The Kier molecular flexibility index (Phi) is 5.53. The van der Waals surface area contributed by atoms with Crippen LogP contribution in [0.15, 0.2) is 35.4 Å². The predicted molar refractivity (Wildman–Crippen MR) is 121 cm³/mol. The Bertz CT molecular complexity index is 1220. The van der Waals surface area contributed by atoms with Gasteiger partial charge in [0.25, 0.3) is 0 Å². The Labute approximate surface area is 190 Å². The second-order valence-electron chi connectivity index (χ2n) is 8.93. The zero-order chi connectivity index (χ0) is 23.1. The lowest BCUT2D eigenvalue weighted by atomic mass is 9.83. The Balaban J connectivity index is 1.36. The number of aryl methyl sites for hydroxylation is 1. The van der Waals surface area contributed by atoms with E-state index in [-0.39, 0.29) is 22.8 Å². The summed E-state index contributed by atoms with van der Waals surface area (Å²) in [4.78, 5) is 22.1. The van der Waals surface area contributed by atoms with Crippen LogP contribution in [0.4, 0.5) is 10.2 Å². The van der Waals surface area contributed by atoms with Gasteiger partial charge in [-0.1, -0.05) is 12.5 Å². The normalized spacial score (nSPS) is 22.2. The number of aromatic hydroxyl groups is 1. The van der Waals surface area contributed by atoms with E-state index in [1.165, 1.54) is 32.4 Å². The van der Waals surface area contributed by atoms with Crippen molar-refractivity contribution >= 4 is 5.82 Å². The second kappa shape index (κ2) is 8.51. The molecule has 0 unspecified atom stereocenters. The molecule has 2 N–H and O–H groups in total. The van der Waals surface area contributed by atoms with Crippen LogP contribution < -0.4 is 15.9 Å². The average molecular weight is 452 g/mol. The average Bonchev–Trinajstić information content (AvgIpc) is 2.81. The van der Waals surface area contributed by atoms with Crippen molar-refractivity contribution in [1.82, 2.24) is 30.0 Å². The molecule has 0 amide bonds. The molecule has 2 aliphatic rings. The van der Waals surface area contributed by atoms with E-state index >= 15 is 0 Å². The Morgan fingerprint density at radius 2 is 1.97 bits per heavy atom. The first-order chi connectivity index (χ1) is 15.9. The monoisotopic (exact) mass is 451 g/mol. The molecule has 0 aliphatic carbocycles. The minimum absolute atomic E-state index is 0.122. The van der Waals surface area contributed by atoms with E-state index in [1.54, 1.807) is 18.3 Å². The second-order valence-corrected chi connectivity index (χ2v) is 8.93. The van der Waals surface area contributed by atoms with E-state index in [1.807, 2.05) is 7.05 Å². The van der Waals surface area contributed by atoms with Crippen LogP contribution in [-0.4, -0.2) is 55.0 Å². The van der Waals surface area contributed by atoms with E-state index in [4.69, 9.17) is 0 Å². The van der Waals surface area contributed by atoms with Gasteiger partial charge in [0.05, 0.1) is 11.8 Å². The fourth-order valence-corrected chi connectivity index (χ4v) is 4.88. The summed E-state index contributed by atoms with van der Waals surface area (Å²) in [6.45, 7) is 0. The molecule has 10 heteroatoms. The number of phenols is 1. The van der Waals surface area contributed by atoms with Crippen LogP contribution in [-0.2, 0) is 7.05 Å². The van der Waals surface area contributed by atoms with Gasteiger partial charge >= 0.3 is 5.69 Å². The number of fused-ring (bicyclic) bond motifs is 2. The maximum absolute atomic E-state index is 14.3. The molecule has 2 atom stereocenters. The molecule has 5 rings (SSSR count). The fraction of sp³-hybridized carbons (Fsp3) is 0.435. The quantitative estimate of drug-likeness (QED) is 0.622. The van der Waals surface area contributed by atoms with E-state index in [9.17, 15) is 14.3 Å². The predicted octanol–water partition coefficient (Wildman–Crippen LogP) is 2.25. The number of piperidine rings is 2. The summed E-state index contributed by atoms with van der Waals surface area (Å²) < 4.78 is 15.3. The van der Waals surface area contributed by atoms with Crippen LogP contribution in [0.2, 0.25) is 0 Å². The highest BCUT2D eigenvalue weighted by atomic mass is 19.1. The fourth-order valence-electron chi connectivity index (χ4n) is 4.88. The third kappa shape index (κ3) is 4.18. The van der Waals surface area contributed by atoms with Gasteiger partial charge in [0.2, 0.25) is 0 Å². The number of nitrogens with zero attached hydrogens (tertiary/aromatic N) is 6. The Hall–Kier alpha value is -3.40. The van der Waals surface area contributed by atoms with Gasteiger partial charge < -0.3 is 15.3 Å². The number of phenolic OH excluding ortho intramolecular Hbond substituents is 1.